The Kier molecular flexibility index (Phi) is 1.57. The first-order valence-electron chi connectivity index (χ1n) is 4.07. The highest BCUT2D eigenvalue weighted by Gasteiger charge is 2.03. The number of hydrogen-bond acceptors (Lipinski definition) is 2. The van der Waals surface area contributed by atoms with Crippen LogP contribution >= 0.6 is 0 Å². The monoisotopic (exact) mass is 161 g/mol. The minimum atomic E-state index is 0.478. The third-order valence-electron chi connectivity index (χ3n) is 1.95. The minimum Gasteiger partial charge on any atom is -0.344 e. The summed E-state index contributed by atoms with van der Waals surface area (Å²) in [5.74, 6) is 0. The lowest BCUT2D eigenvalue weighted by Crippen LogP contribution is -1.97. The molecular formula is C9H11N3. The molecular weight excluding hydrogens is 150 g/mol. The van der Waals surface area contributed by atoms with Crippen LogP contribution < -0.4 is 0 Å². The molecule has 0 N–H and O–H groups in total. The molecule has 3 nitrogen and oxygen atoms in total. The van der Waals surface area contributed by atoms with Gasteiger partial charge in [0.25, 0.3) is 0 Å². The predicted molar refractivity (Wildman–Crippen MR) is 47.9 cm³/mol. The van der Waals surface area contributed by atoms with E-state index < -0.39 is 0 Å². The van der Waals surface area contributed by atoms with Crippen molar-refractivity contribution in [2.75, 3.05) is 0 Å². The Balaban J connectivity index is 2.70. The van der Waals surface area contributed by atoms with E-state index in [0.29, 0.717) is 6.04 Å². The van der Waals surface area contributed by atoms with Crippen LogP contribution in [0.1, 0.15) is 19.9 Å². The molecule has 2 aromatic heterocycles. The van der Waals surface area contributed by atoms with E-state index in [4.69, 9.17) is 0 Å². The first-order valence-corrected chi connectivity index (χ1v) is 4.07. The summed E-state index contributed by atoms with van der Waals surface area (Å²) in [6.45, 7) is 4.31. The molecule has 0 aliphatic rings. The zero-order valence-electron chi connectivity index (χ0n) is 7.23. The standard InChI is InChI=1S/C9H11N3/c1-7(2)12-6-4-8-9(12)3-5-10-11-8/h3-7H,1-2H3. The number of fused-ring (bicyclic) bond motifs is 1. The van der Waals surface area contributed by atoms with Gasteiger partial charge in [-0.15, -0.1) is 5.10 Å². The Bertz CT molecular complexity index is 389. The Morgan fingerprint density at radius 1 is 1.33 bits per heavy atom. The molecule has 0 atom stereocenters. The maximum Gasteiger partial charge on any atom is 0.111 e. The minimum absolute atomic E-state index is 0.478. The number of rotatable bonds is 1. The number of aromatic nitrogens is 3. The maximum atomic E-state index is 4.01. The van der Waals surface area contributed by atoms with Gasteiger partial charge >= 0.3 is 0 Å². The molecule has 0 aliphatic heterocycles. The first kappa shape index (κ1) is 7.28. The van der Waals surface area contributed by atoms with Gasteiger partial charge in [0, 0.05) is 12.2 Å². The summed E-state index contributed by atoms with van der Waals surface area (Å²) in [7, 11) is 0. The molecule has 0 fully saturated rings. The molecule has 0 unspecified atom stereocenters. The quantitative estimate of drug-likeness (QED) is 0.640. The van der Waals surface area contributed by atoms with E-state index in [9.17, 15) is 0 Å². The van der Waals surface area contributed by atoms with Gasteiger partial charge < -0.3 is 4.57 Å². The number of nitrogens with zero attached hydrogens (tertiary/aromatic N) is 3. The van der Waals surface area contributed by atoms with Gasteiger partial charge in [0.15, 0.2) is 0 Å². The second kappa shape index (κ2) is 2.59. The summed E-state index contributed by atoms with van der Waals surface area (Å²) in [6, 6.07) is 4.46. The second-order valence-electron chi connectivity index (χ2n) is 3.12. The molecule has 2 aromatic rings. The van der Waals surface area contributed by atoms with Crippen LogP contribution in [0.2, 0.25) is 0 Å². The topological polar surface area (TPSA) is 30.7 Å². The van der Waals surface area contributed by atoms with Crippen LogP contribution in [0.3, 0.4) is 0 Å². The van der Waals surface area contributed by atoms with Crippen LogP contribution in [0.15, 0.2) is 24.5 Å². The molecule has 0 aromatic carbocycles. The van der Waals surface area contributed by atoms with Crippen LogP contribution in [0, 0.1) is 0 Å². The molecule has 2 heterocycles. The Hall–Kier alpha value is -1.38. The van der Waals surface area contributed by atoms with E-state index in [1.54, 1.807) is 6.20 Å². The van der Waals surface area contributed by atoms with E-state index in [2.05, 4.69) is 28.6 Å². The molecule has 3 heteroatoms. The van der Waals surface area contributed by atoms with Crippen molar-refractivity contribution < 1.29 is 0 Å². The zero-order valence-corrected chi connectivity index (χ0v) is 7.23. The van der Waals surface area contributed by atoms with E-state index >= 15 is 0 Å². The van der Waals surface area contributed by atoms with Gasteiger partial charge in [0.1, 0.15) is 5.52 Å². The van der Waals surface area contributed by atoms with Crippen LogP contribution in [-0.2, 0) is 0 Å². The molecule has 0 saturated heterocycles. The van der Waals surface area contributed by atoms with Gasteiger partial charge in [-0.05, 0) is 26.0 Å². The SMILES string of the molecule is CC(C)n1ccc2nnccc21. The smallest absolute Gasteiger partial charge is 0.111 e. The van der Waals surface area contributed by atoms with Crippen molar-refractivity contribution in [2.24, 2.45) is 0 Å². The van der Waals surface area contributed by atoms with Crippen LogP contribution in [0.4, 0.5) is 0 Å². The summed E-state index contributed by atoms with van der Waals surface area (Å²) in [5.41, 5.74) is 2.12. The fourth-order valence-corrected chi connectivity index (χ4v) is 1.35. The average molecular weight is 161 g/mol. The molecule has 62 valence electrons. The van der Waals surface area contributed by atoms with Crippen molar-refractivity contribution in [1.82, 2.24) is 14.8 Å². The molecule has 0 saturated carbocycles. The Morgan fingerprint density at radius 2 is 2.17 bits per heavy atom. The Labute approximate surface area is 71.0 Å². The largest absolute Gasteiger partial charge is 0.344 e. The highest BCUT2D eigenvalue weighted by molar-refractivity contribution is 5.74. The van der Waals surface area contributed by atoms with Crippen molar-refractivity contribution in [3.05, 3.63) is 24.5 Å². The molecule has 0 bridgehead atoms. The van der Waals surface area contributed by atoms with Gasteiger partial charge in [-0.25, -0.2) is 0 Å². The van der Waals surface area contributed by atoms with Gasteiger partial charge in [-0.3, -0.25) is 0 Å². The lowest BCUT2D eigenvalue weighted by atomic mass is 10.3. The normalized spacial score (nSPS) is 11.2. The molecule has 12 heavy (non-hydrogen) atoms. The predicted octanol–water partition coefficient (Wildman–Crippen LogP) is 2.01. The zero-order chi connectivity index (χ0) is 8.55. The van der Waals surface area contributed by atoms with Crippen molar-refractivity contribution >= 4 is 11.0 Å². The third kappa shape index (κ3) is 0.978. The van der Waals surface area contributed by atoms with Gasteiger partial charge in [-0.2, -0.15) is 5.10 Å². The van der Waals surface area contributed by atoms with E-state index in [-0.39, 0.29) is 0 Å². The summed E-state index contributed by atoms with van der Waals surface area (Å²) in [5, 5.41) is 7.84. The summed E-state index contributed by atoms with van der Waals surface area (Å²) in [6.07, 6.45) is 3.77. The molecule has 0 aliphatic carbocycles. The van der Waals surface area contributed by atoms with E-state index in [0.717, 1.165) is 11.0 Å². The van der Waals surface area contributed by atoms with Crippen molar-refractivity contribution in [3.8, 4) is 0 Å². The maximum absolute atomic E-state index is 4.01. The first-order chi connectivity index (χ1) is 5.79. The lowest BCUT2D eigenvalue weighted by Gasteiger charge is -2.07. The van der Waals surface area contributed by atoms with Crippen LogP contribution in [0.25, 0.3) is 11.0 Å². The Morgan fingerprint density at radius 3 is 2.92 bits per heavy atom. The fourth-order valence-electron chi connectivity index (χ4n) is 1.35. The molecule has 0 spiro atoms. The van der Waals surface area contributed by atoms with Crippen LogP contribution in [-0.4, -0.2) is 14.8 Å². The highest BCUT2D eigenvalue weighted by atomic mass is 15.1. The summed E-state index contributed by atoms with van der Waals surface area (Å²) < 4.78 is 2.18. The third-order valence-corrected chi connectivity index (χ3v) is 1.95. The summed E-state index contributed by atoms with van der Waals surface area (Å²) >= 11 is 0. The average Bonchev–Trinajstić information content (AvgIpc) is 2.47. The van der Waals surface area contributed by atoms with Crippen molar-refractivity contribution in [3.63, 3.8) is 0 Å². The van der Waals surface area contributed by atoms with Crippen molar-refractivity contribution in [1.29, 1.82) is 0 Å². The van der Waals surface area contributed by atoms with Gasteiger partial charge in [0.05, 0.1) is 11.7 Å². The van der Waals surface area contributed by atoms with Crippen LogP contribution in [0.5, 0.6) is 0 Å². The van der Waals surface area contributed by atoms with E-state index in [1.807, 2.05) is 18.3 Å². The lowest BCUT2D eigenvalue weighted by molar-refractivity contribution is 0.622. The van der Waals surface area contributed by atoms with Gasteiger partial charge in [0.2, 0.25) is 0 Å². The summed E-state index contributed by atoms with van der Waals surface area (Å²) in [4.78, 5) is 0. The van der Waals surface area contributed by atoms with Crippen molar-refractivity contribution in [2.45, 2.75) is 19.9 Å². The fraction of sp³-hybridized carbons (Fsp3) is 0.333. The molecule has 0 amide bonds. The second-order valence-corrected chi connectivity index (χ2v) is 3.12. The van der Waals surface area contributed by atoms with Gasteiger partial charge in [-0.1, -0.05) is 0 Å². The number of hydrogen-bond donors (Lipinski definition) is 0. The molecule has 2 rings (SSSR count). The van der Waals surface area contributed by atoms with E-state index in [1.165, 1.54) is 0 Å². The highest BCUT2D eigenvalue weighted by Crippen LogP contribution is 2.16. The molecule has 0 radical (unpaired) electrons.